The van der Waals surface area contributed by atoms with Crippen molar-refractivity contribution in [3.05, 3.63) is 39.4 Å². The number of hydrogen-bond acceptors (Lipinski definition) is 4. The molecular formula is C12H11F2N3O3. The molecule has 0 heterocycles. The highest BCUT2D eigenvalue weighted by Crippen LogP contribution is 2.22. The molecule has 0 fully saturated rings. The number of halogens is 2. The highest BCUT2D eigenvalue weighted by molar-refractivity contribution is 5.95. The molecule has 106 valence electrons. The predicted octanol–water partition coefficient (Wildman–Crippen LogP) is 2.25. The molecule has 0 unspecified atom stereocenters. The van der Waals surface area contributed by atoms with E-state index in [1.807, 2.05) is 0 Å². The van der Waals surface area contributed by atoms with Crippen molar-refractivity contribution in [2.45, 2.75) is 19.9 Å². The lowest BCUT2D eigenvalue weighted by molar-refractivity contribution is -0.387. The Hall–Kier alpha value is -2.56. The maximum atomic E-state index is 13.7. The number of hydrogen-bond donors (Lipinski definition) is 0. The Morgan fingerprint density at radius 3 is 2.50 bits per heavy atom. The van der Waals surface area contributed by atoms with Gasteiger partial charge in [0.1, 0.15) is 12.4 Å². The lowest BCUT2D eigenvalue weighted by atomic mass is 10.1. The van der Waals surface area contributed by atoms with Crippen molar-refractivity contribution in [3.8, 4) is 6.07 Å². The number of nitro benzene ring substituents is 1. The largest absolute Gasteiger partial charge is 0.323 e. The zero-order valence-corrected chi connectivity index (χ0v) is 10.8. The van der Waals surface area contributed by atoms with Gasteiger partial charge >= 0.3 is 5.69 Å². The minimum atomic E-state index is -1.31. The van der Waals surface area contributed by atoms with Crippen LogP contribution in [-0.2, 0) is 0 Å². The fourth-order valence-electron chi connectivity index (χ4n) is 1.56. The van der Waals surface area contributed by atoms with Crippen molar-refractivity contribution in [2.75, 3.05) is 6.54 Å². The number of nitro groups is 1. The molecule has 0 saturated heterocycles. The molecule has 0 aliphatic carbocycles. The fourth-order valence-corrected chi connectivity index (χ4v) is 1.56. The molecule has 1 amide bonds. The molecule has 6 nitrogen and oxygen atoms in total. The second-order valence-electron chi connectivity index (χ2n) is 4.23. The van der Waals surface area contributed by atoms with Crippen LogP contribution in [0.4, 0.5) is 14.5 Å². The molecule has 1 aromatic rings. The van der Waals surface area contributed by atoms with E-state index in [-0.39, 0.29) is 6.54 Å². The molecule has 8 heteroatoms. The molecule has 0 radical (unpaired) electrons. The summed E-state index contributed by atoms with van der Waals surface area (Å²) in [6.45, 7) is 2.92. The maximum Gasteiger partial charge on any atom is 0.307 e. The molecule has 20 heavy (non-hydrogen) atoms. The summed E-state index contributed by atoms with van der Waals surface area (Å²) < 4.78 is 27.2. The summed E-state index contributed by atoms with van der Waals surface area (Å²) in [4.78, 5) is 22.4. The molecule has 0 aromatic heterocycles. The molecule has 0 aliphatic rings. The Morgan fingerprint density at radius 1 is 1.45 bits per heavy atom. The third-order valence-electron chi connectivity index (χ3n) is 2.59. The topological polar surface area (TPSA) is 87.2 Å². The summed E-state index contributed by atoms with van der Waals surface area (Å²) in [5.74, 6) is -3.40. The molecule has 0 bridgehead atoms. The normalized spacial score (nSPS) is 10.2. The number of carbonyl (C=O) groups excluding carboxylic acids is 1. The first kappa shape index (κ1) is 15.5. The molecule has 0 atom stereocenters. The van der Waals surface area contributed by atoms with Gasteiger partial charge in [0, 0.05) is 6.04 Å². The first-order chi connectivity index (χ1) is 9.29. The summed E-state index contributed by atoms with van der Waals surface area (Å²) in [5.41, 5.74) is -1.69. The van der Waals surface area contributed by atoms with Crippen molar-refractivity contribution in [2.24, 2.45) is 0 Å². The number of nitrogens with zero attached hydrogens (tertiary/aromatic N) is 3. The van der Waals surface area contributed by atoms with E-state index in [1.54, 1.807) is 19.9 Å². The van der Waals surface area contributed by atoms with E-state index in [0.29, 0.717) is 12.1 Å². The second kappa shape index (κ2) is 6.06. The van der Waals surface area contributed by atoms with Crippen LogP contribution in [0.25, 0.3) is 0 Å². The summed E-state index contributed by atoms with van der Waals surface area (Å²) in [7, 11) is 0. The lowest BCUT2D eigenvalue weighted by Gasteiger charge is -2.23. The quantitative estimate of drug-likeness (QED) is 0.481. The van der Waals surface area contributed by atoms with Crippen LogP contribution in [0.5, 0.6) is 0 Å². The zero-order chi connectivity index (χ0) is 15.4. The predicted molar refractivity (Wildman–Crippen MR) is 64.8 cm³/mol. The van der Waals surface area contributed by atoms with Gasteiger partial charge in [0.05, 0.1) is 22.6 Å². The van der Waals surface area contributed by atoms with Gasteiger partial charge in [-0.15, -0.1) is 0 Å². The van der Waals surface area contributed by atoms with Gasteiger partial charge < -0.3 is 4.90 Å². The SMILES string of the molecule is CC(C)N(CC#N)C(=O)c1cc(F)c([N+](=O)[O-])cc1F. The van der Waals surface area contributed by atoms with Gasteiger partial charge in [0.2, 0.25) is 5.82 Å². The van der Waals surface area contributed by atoms with E-state index in [2.05, 4.69) is 0 Å². The molecule has 0 spiro atoms. The van der Waals surface area contributed by atoms with Gasteiger partial charge in [0.15, 0.2) is 0 Å². The van der Waals surface area contributed by atoms with Crippen molar-refractivity contribution < 1.29 is 18.5 Å². The average Bonchev–Trinajstić information content (AvgIpc) is 2.36. The summed E-state index contributed by atoms with van der Waals surface area (Å²) >= 11 is 0. The van der Waals surface area contributed by atoms with Crippen LogP contribution in [-0.4, -0.2) is 28.3 Å². The van der Waals surface area contributed by atoms with E-state index in [9.17, 15) is 23.7 Å². The van der Waals surface area contributed by atoms with Crippen molar-refractivity contribution in [1.82, 2.24) is 4.90 Å². The molecule has 0 aliphatic heterocycles. The smallest absolute Gasteiger partial charge is 0.307 e. The van der Waals surface area contributed by atoms with Gasteiger partial charge in [-0.3, -0.25) is 14.9 Å². The minimum absolute atomic E-state index is 0.297. The monoisotopic (exact) mass is 283 g/mol. The molecule has 1 rings (SSSR count). The highest BCUT2D eigenvalue weighted by Gasteiger charge is 2.26. The molecular weight excluding hydrogens is 272 g/mol. The zero-order valence-electron chi connectivity index (χ0n) is 10.8. The average molecular weight is 283 g/mol. The van der Waals surface area contributed by atoms with Crippen LogP contribution in [0.1, 0.15) is 24.2 Å². The molecule has 1 aromatic carbocycles. The molecule has 0 N–H and O–H groups in total. The third kappa shape index (κ3) is 3.06. The van der Waals surface area contributed by atoms with E-state index >= 15 is 0 Å². The minimum Gasteiger partial charge on any atom is -0.323 e. The first-order valence-electron chi connectivity index (χ1n) is 5.61. The highest BCUT2D eigenvalue weighted by atomic mass is 19.1. The Kier molecular flexibility index (Phi) is 4.69. The van der Waals surface area contributed by atoms with Crippen LogP contribution >= 0.6 is 0 Å². The van der Waals surface area contributed by atoms with Crippen LogP contribution in [0.3, 0.4) is 0 Å². The van der Waals surface area contributed by atoms with Crippen molar-refractivity contribution >= 4 is 11.6 Å². The van der Waals surface area contributed by atoms with Gasteiger partial charge in [0.25, 0.3) is 5.91 Å². The number of amides is 1. The number of rotatable bonds is 4. The summed E-state index contributed by atoms with van der Waals surface area (Å²) in [5, 5.41) is 19.1. The lowest BCUT2D eigenvalue weighted by Crippen LogP contribution is -2.37. The van der Waals surface area contributed by atoms with E-state index in [1.165, 1.54) is 0 Å². The molecule has 0 saturated carbocycles. The Bertz CT molecular complexity index is 596. The standard InChI is InChI=1S/C12H11F2N3O3/c1-7(2)16(4-3-15)12(18)8-5-10(14)11(17(19)20)6-9(8)13/h5-7H,4H2,1-2H3. The van der Waals surface area contributed by atoms with E-state index in [4.69, 9.17) is 5.26 Å². The fraction of sp³-hybridized carbons (Fsp3) is 0.333. The van der Waals surface area contributed by atoms with E-state index < -0.39 is 39.8 Å². The third-order valence-corrected chi connectivity index (χ3v) is 2.59. The van der Waals surface area contributed by atoms with Crippen LogP contribution in [0.15, 0.2) is 12.1 Å². The Morgan fingerprint density at radius 2 is 2.05 bits per heavy atom. The summed E-state index contributed by atoms with van der Waals surface area (Å²) in [6.07, 6.45) is 0. The van der Waals surface area contributed by atoms with Crippen LogP contribution in [0, 0.1) is 33.1 Å². The van der Waals surface area contributed by atoms with E-state index in [0.717, 1.165) is 4.90 Å². The van der Waals surface area contributed by atoms with Gasteiger partial charge in [-0.2, -0.15) is 9.65 Å². The van der Waals surface area contributed by atoms with Crippen molar-refractivity contribution in [3.63, 3.8) is 0 Å². The van der Waals surface area contributed by atoms with Gasteiger partial charge in [-0.05, 0) is 19.9 Å². The Balaban J connectivity index is 3.27. The number of nitriles is 1. The van der Waals surface area contributed by atoms with Crippen LogP contribution in [0.2, 0.25) is 0 Å². The summed E-state index contributed by atoms with van der Waals surface area (Å²) in [6, 6.07) is 2.17. The first-order valence-corrected chi connectivity index (χ1v) is 5.61. The number of carbonyl (C=O) groups is 1. The number of benzene rings is 1. The van der Waals surface area contributed by atoms with Gasteiger partial charge in [-0.25, -0.2) is 4.39 Å². The second-order valence-corrected chi connectivity index (χ2v) is 4.23. The van der Waals surface area contributed by atoms with Crippen LogP contribution < -0.4 is 0 Å². The van der Waals surface area contributed by atoms with Crippen molar-refractivity contribution in [1.29, 1.82) is 5.26 Å². The van der Waals surface area contributed by atoms with Gasteiger partial charge in [-0.1, -0.05) is 0 Å². The Labute approximate surface area is 113 Å². The maximum absolute atomic E-state index is 13.7.